The summed E-state index contributed by atoms with van der Waals surface area (Å²) in [6, 6.07) is 0. The molecule has 0 saturated heterocycles. The molecule has 4 saturated carbocycles. The van der Waals surface area contributed by atoms with Crippen LogP contribution in [0.1, 0.15) is 45.4 Å². The van der Waals surface area contributed by atoms with E-state index in [0.717, 1.165) is 31.1 Å². The highest BCUT2D eigenvalue weighted by molar-refractivity contribution is 5.13. The van der Waals surface area contributed by atoms with Crippen molar-refractivity contribution in [2.75, 3.05) is 0 Å². The van der Waals surface area contributed by atoms with Crippen LogP contribution >= 0.6 is 0 Å². The van der Waals surface area contributed by atoms with Crippen LogP contribution in [0.25, 0.3) is 0 Å². The maximum Gasteiger partial charge on any atom is 0.0661 e. The first kappa shape index (κ1) is 7.37. The summed E-state index contributed by atoms with van der Waals surface area (Å²) in [4.78, 5) is 0. The Hall–Kier alpha value is -0.0400. The second kappa shape index (κ2) is 1.89. The van der Waals surface area contributed by atoms with Gasteiger partial charge in [-0.3, -0.25) is 0 Å². The Labute approximate surface area is 74.2 Å². The van der Waals surface area contributed by atoms with E-state index in [2.05, 4.69) is 6.92 Å². The van der Waals surface area contributed by atoms with Gasteiger partial charge in [-0.25, -0.2) is 0 Å². The van der Waals surface area contributed by atoms with Crippen LogP contribution in [0, 0.1) is 17.3 Å². The monoisotopic (exact) mass is 166 g/mol. The van der Waals surface area contributed by atoms with Gasteiger partial charge in [-0.05, 0) is 49.4 Å². The minimum atomic E-state index is -0.211. The van der Waals surface area contributed by atoms with Crippen molar-refractivity contribution >= 4 is 0 Å². The molecule has 4 aliphatic rings. The zero-order chi connectivity index (χ0) is 8.40. The second-order valence-electron chi connectivity index (χ2n) is 5.69. The normalized spacial score (nSPS) is 62.5. The lowest BCUT2D eigenvalue weighted by Gasteiger charge is -2.65. The van der Waals surface area contributed by atoms with Crippen molar-refractivity contribution in [3.63, 3.8) is 0 Å². The van der Waals surface area contributed by atoms with Gasteiger partial charge in [-0.2, -0.15) is 0 Å². The molecule has 1 spiro atoms. The van der Waals surface area contributed by atoms with Crippen LogP contribution in [0.2, 0.25) is 0 Å². The molecule has 0 amide bonds. The van der Waals surface area contributed by atoms with Gasteiger partial charge in [0.2, 0.25) is 0 Å². The maximum absolute atomic E-state index is 10.1. The predicted molar refractivity (Wildman–Crippen MR) is 47.7 cm³/mol. The van der Waals surface area contributed by atoms with E-state index in [0.29, 0.717) is 5.41 Å². The molecular weight excluding hydrogens is 148 g/mol. The van der Waals surface area contributed by atoms with Gasteiger partial charge in [0, 0.05) is 0 Å². The molecule has 4 aliphatic carbocycles. The fourth-order valence-corrected chi connectivity index (χ4v) is 4.28. The number of rotatable bonds is 0. The minimum Gasteiger partial charge on any atom is -0.390 e. The summed E-state index contributed by atoms with van der Waals surface area (Å²) in [5.74, 6) is 1.75. The second-order valence-corrected chi connectivity index (χ2v) is 5.69. The Balaban J connectivity index is 1.92. The average molecular weight is 166 g/mol. The van der Waals surface area contributed by atoms with Crippen LogP contribution < -0.4 is 0 Å². The topological polar surface area (TPSA) is 20.2 Å². The van der Waals surface area contributed by atoms with E-state index < -0.39 is 0 Å². The molecule has 2 atom stereocenters. The Morgan fingerprint density at radius 3 is 2.67 bits per heavy atom. The minimum absolute atomic E-state index is 0.211. The summed E-state index contributed by atoms with van der Waals surface area (Å²) in [7, 11) is 0. The van der Waals surface area contributed by atoms with Crippen molar-refractivity contribution < 1.29 is 5.11 Å². The number of hydrogen-bond acceptors (Lipinski definition) is 1. The lowest BCUT2D eigenvalue weighted by atomic mass is 9.42. The first-order valence-electron chi connectivity index (χ1n) is 5.34. The van der Waals surface area contributed by atoms with Gasteiger partial charge in [-0.15, -0.1) is 0 Å². The van der Waals surface area contributed by atoms with E-state index in [4.69, 9.17) is 0 Å². The molecule has 68 valence electrons. The molecular formula is C11H18O. The molecule has 4 fully saturated rings. The van der Waals surface area contributed by atoms with Crippen molar-refractivity contribution in [1.29, 1.82) is 0 Å². The lowest BCUT2D eigenvalue weighted by Crippen LogP contribution is -2.62. The van der Waals surface area contributed by atoms with E-state index in [9.17, 15) is 5.11 Å². The standard InChI is InChI=1S/C11H18O/c1-8-2-3-9-4-10(8)6-11(12,5-9)7-10/h8-9,12H,2-7H2,1H3. The van der Waals surface area contributed by atoms with E-state index in [1.165, 1.54) is 19.3 Å². The third kappa shape index (κ3) is 0.736. The van der Waals surface area contributed by atoms with Gasteiger partial charge >= 0.3 is 0 Å². The van der Waals surface area contributed by atoms with Crippen LogP contribution in [0.5, 0.6) is 0 Å². The quantitative estimate of drug-likeness (QED) is 0.585. The molecule has 1 heteroatoms. The van der Waals surface area contributed by atoms with E-state index in [1.807, 2.05) is 0 Å². The Morgan fingerprint density at radius 1 is 1.17 bits per heavy atom. The summed E-state index contributed by atoms with van der Waals surface area (Å²) in [5.41, 5.74) is 0.382. The molecule has 0 aromatic carbocycles. The molecule has 1 N–H and O–H groups in total. The molecule has 0 radical (unpaired) electrons. The fourth-order valence-electron chi connectivity index (χ4n) is 4.28. The molecule has 0 aliphatic heterocycles. The van der Waals surface area contributed by atoms with Crippen molar-refractivity contribution in [3.05, 3.63) is 0 Å². The predicted octanol–water partition coefficient (Wildman–Crippen LogP) is 2.34. The third-order valence-corrected chi connectivity index (χ3v) is 4.78. The van der Waals surface area contributed by atoms with Gasteiger partial charge in [-0.1, -0.05) is 13.3 Å². The molecule has 4 rings (SSSR count). The Bertz CT molecular complexity index is 210. The van der Waals surface area contributed by atoms with Crippen molar-refractivity contribution in [2.45, 2.75) is 51.0 Å². The average Bonchev–Trinajstić information content (AvgIpc) is 1.95. The van der Waals surface area contributed by atoms with Crippen LogP contribution in [0.3, 0.4) is 0 Å². The third-order valence-electron chi connectivity index (χ3n) is 4.78. The van der Waals surface area contributed by atoms with Crippen molar-refractivity contribution in [1.82, 2.24) is 0 Å². The maximum atomic E-state index is 10.1. The van der Waals surface area contributed by atoms with Gasteiger partial charge in [0.1, 0.15) is 0 Å². The van der Waals surface area contributed by atoms with Crippen molar-refractivity contribution in [3.8, 4) is 0 Å². The SMILES string of the molecule is CC1CCC2CC3(O)CC1(C2)C3. The van der Waals surface area contributed by atoms with E-state index in [-0.39, 0.29) is 5.60 Å². The van der Waals surface area contributed by atoms with E-state index >= 15 is 0 Å². The van der Waals surface area contributed by atoms with Crippen LogP contribution in [-0.2, 0) is 0 Å². The Kier molecular flexibility index (Phi) is 1.16. The molecule has 0 aromatic heterocycles. The molecule has 1 nitrogen and oxygen atoms in total. The van der Waals surface area contributed by atoms with Crippen LogP contribution in [-0.4, -0.2) is 10.7 Å². The molecule has 2 unspecified atom stereocenters. The van der Waals surface area contributed by atoms with Crippen LogP contribution in [0.15, 0.2) is 0 Å². The highest BCUT2D eigenvalue weighted by Gasteiger charge is 2.62. The van der Waals surface area contributed by atoms with Gasteiger partial charge in [0.05, 0.1) is 5.60 Å². The summed E-state index contributed by atoms with van der Waals surface area (Å²) in [5, 5.41) is 10.1. The summed E-state index contributed by atoms with van der Waals surface area (Å²) in [6.07, 6.45) is 7.58. The molecule has 3 bridgehead atoms. The van der Waals surface area contributed by atoms with Crippen LogP contribution in [0.4, 0.5) is 0 Å². The Morgan fingerprint density at radius 2 is 1.92 bits per heavy atom. The number of hydrogen-bond donors (Lipinski definition) is 1. The largest absolute Gasteiger partial charge is 0.390 e. The fraction of sp³-hybridized carbons (Fsp3) is 1.00. The zero-order valence-electron chi connectivity index (χ0n) is 7.84. The van der Waals surface area contributed by atoms with Gasteiger partial charge < -0.3 is 5.11 Å². The zero-order valence-corrected chi connectivity index (χ0v) is 7.84. The van der Waals surface area contributed by atoms with Crippen molar-refractivity contribution in [2.24, 2.45) is 17.3 Å². The highest BCUT2D eigenvalue weighted by Crippen LogP contribution is 2.67. The molecule has 0 aromatic rings. The lowest BCUT2D eigenvalue weighted by molar-refractivity contribution is -0.221. The van der Waals surface area contributed by atoms with Gasteiger partial charge in [0.25, 0.3) is 0 Å². The summed E-state index contributed by atoms with van der Waals surface area (Å²) >= 11 is 0. The summed E-state index contributed by atoms with van der Waals surface area (Å²) < 4.78 is 0. The first-order chi connectivity index (χ1) is 5.62. The first-order valence-corrected chi connectivity index (χ1v) is 5.34. The smallest absolute Gasteiger partial charge is 0.0661 e. The summed E-state index contributed by atoms with van der Waals surface area (Å²) in [6.45, 7) is 2.39. The van der Waals surface area contributed by atoms with Gasteiger partial charge in [0.15, 0.2) is 0 Å². The molecule has 0 heterocycles. The highest BCUT2D eigenvalue weighted by atomic mass is 16.3. The number of aliphatic hydroxyl groups is 1. The van der Waals surface area contributed by atoms with E-state index in [1.54, 1.807) is 0 Å². The molecule has 12 heavy (non-hydrogen) atoms.